The first-order valence-corrected chi connectivity index (χ1v) is 18.4. The third-order valence-corrected chi connectivity index (χ3v) is 9.55. The van der Waals surface area contributed by atoms with Gasteiger partial charge in [0.25, 0.3) is 11.8 Å². The summed E-state index contributed by atoms with van der Waals surface area (Å²) in [5, 5.41) is 20.6. The average Bonchev–Trinajstić information content (AvgIpc) is 3.07. The quantitative estimate of drug-likeness (QED) is 0.128. The summed E-state index contributed by atoms with van der Waals surface area (Å²) in [6.45, 7) is 6.98. The van der Waals surface area contributed by atoms with Crippen LogP contribution in [0.25, 0.3) is 0 Å². The third-order valence-electron chi connectivity index (χ3n) is 8.35. The summed E-state index contributed by atoms with van der Waals surface area (Å²) in [6.07, 6.45) is 1.43. The Morgan fingerprint density at radius 2 is 1.31 bits per heavy atom. The molecule has 3 atom stereocenters. The van der Waals surface area contributed by atoms with Crippen LogP contribution in [0.5, 0.6) is 0 Å². The van der Waals surface area contributed by atoms with E-state index in [1.807, 2.05) is 79.7 Å². The van der Waals surface area contributed by atoms with E-state index in [0.29, 0.717) is 18.9 Å². The summed E-state index contributed by atoms with van der Waals surface area (Å²) < 4.78 is 26.0. The second kappa shape index (κ2) is 17.2. The lowest BCUT2D eigenvalue weighted by Gasteiger charge is -2.26. The molecule has 0 aliphatic heterocycles. The monoisotopic (exact) mass is 684 g/mol. The number of carbonyl (C=O) groups is 2. The maximum Gasteiger partial charge on any atom is 0.251 e. The van der Waals surface area contributed by atoms with Crippen LogP contribution in [0.15, 0.2) is 103 Å². The van der Waals surface area contributed by atoms with Crippen molar-refractivity contribution >= 4 is 27.5 Å². The summed E-state index contributed by atoms with van der Waals surface area (Å²) in [5.74, 6) is -0.463. The van der Waals surface area contributed by atoms with E-state index >= 15 is 0 Å². The number of benzene rings is 4. The lowest BCUT2D eigenvalue weighted by Crippen LogP contribution is -2.48. The second-order valence-corrected chi connectivity index (χ2v) is 15.0. The van der Waals surface area contributed by atoms with Gasteiger partial charge in [-0.15, -0.1) is 0 Å². The Balaban J connectivity index is 1.56. The van der Waals surface area contributed by atoms with E-state index in [4.69, 9.17) is 0 Å². The first-order chi connectivity index (χ1) is 23.3. The third kappa shape index (κ3) is 11.3. The molecule has 0 heterocycles. The zero-order valence-corrected chi connectivity index (χ0v) is 29.7. The van der Waals surface area contributed by atoms with Crippen molar-refractivity contribution in [1.29, 1.82) is 0 Å². The van der Waals surface area contributed by atoms with Crippen molar-refractivity contribution in [1.82, 2.24) is 16.0 Å². The van der Waals surface area contributed by atoms with Gasteiger partial charge in [-0.1, -0.05) is 98.8 Å². The fraction of sp³-hybridized carbons (Fsp3) is 0.333. The molecule has 9 nitrogen and oxygen atoms in total. The maximum absolute atomic E-state index is 13.9. The summed E-state index contributed by atoms with van der Waals surface area (Å²) >= 11 is 0. The molecule has 49 heavy (non-hydrogen) atoms. The fourth-order valence-corrected chi connectivity index (χ4v) is 6.09. The van der Waals surface area contributed by atoms with E-state index in [0.717, 1.165) is 33.7 Å². The van der Waals surface area contributed by atoms with Crippen LogP contribution in [-0.2, 0) is 29.4 Å². The lowest BCUT2D eigenvalue weighted by atomic mass is 9.99. The van der Waals surface area contributed by atoms with E-state index in [9.17, 15) is 23.1 Å². The molecule has 0 bridgehead atoms. The van der Waals surface area contributed by atoms with Gasteiger partial charge in [-0.3, -0.25) is 13.9 Å². The predicted octanol–water partition coefficient (Wildman–Crippen LogP) is 5.26. The molecule has 0 radical (unpaired) electrons. The zero-order chi connectivity index (χ0) is 35.6. The number of carbonyl (C=O) groups excluding carboxylic acids is 2. The molecule has 0 saturated heterocycles. The van der Waals surface area contributed by atoms with E-state index in [2.05, 4.69) is 41.9 Å². The number of rotatable bonds is 16. The van der Waals surface area contributed by atoms with Crippen LogP contribution < -0.4 is 20.3 Å². The molecule has 260 valence electrons. The number of amides is 2. The van der Waals surface area contributed by atoms with Crippen LogP contribution >= 0.6 is 0 Å². The molecule has 3 unspecified atom stereocenters. The van der Waals surface area contributed by atoms with Crippen molar-refractivity contribution in [3.8, 4) is 0 Å². The van der Waals surface area contributed by atoms with Crippen molar-refractivity contribution < 1.29 is 23.1 Å². The van der Waals surface area contributed by atoms with E-state index < -0.39 is 34.0 Å². The Morgan fingerprint density at radius 1 is 0.735 bits per heavy atom. The fourth-order valence-electron chi connectivity index (χ4n) is 5.60. The largest absolute Gasteiger partial charge is 0.390 e. The van der Waals surface area contributed by atoms with Crippen LogP contribution in [0.4, 0.5) is 5.69 Å². The SMILES string of the molecule is CC(C)Cc1cccc(CNCC(O)C(Cc2ccccc2)NC(=O)c2cc(C(=O)NC(C)c3ccccc3)cc(N(C)S(C)(=O)=O)c2)c1. The van der Waals surface area contributed by atoms with Gasteiger partial charge >= 0.3 is 0 Å². The van der Waals surface area contributed by atoms with Crippen LogP contribution in [0, 0.1) is 5.92 Å². The maximum atomic E-state index is 13.9. The molecule has 10 heteroatoms. The molecule has 0 fully saturated rings. The number of nitrogens with one attached hydrogen (secondary N) is 3. The Kier molecular flexibility index (Phi) is 13.1. The van der Waals surface area contributed by atoms with Crippen LogP contribution in [-0.4, -0.2) is 57.3 Å². The topological polar surface area (TPSA) is 128 Å². The van der Waals surface area contributed by atoms with Crippen molar-refractivity contribution in [3.05, 3.63) is 137 Å². The normalized spacial score (nSPS) is 13.4. The lowest BCUT2D eigenvalue weighted by molar-refractivity contribution is 0.0830. The molecule has 4 aromatic carbocycles. The van der Waals surface area contributed by atoms with Gasteiger partial charge in [0, 0.05) is 31.3 Å². The molecule has 4 aromatic rings. The van der Waals surface area contributed by atoms with E-state index in [1.165, 1.54) is 30.8 Å². The van der Waals surface area contributed by atoms with Gasteiger partial charge in [-0.25, -0.2) is 8.42 Å². The number of sulfonamides is 1. The number of aliphatic hydroxyl groups is 1. The first-order valence-electron chi connectivity index (χ1n) is 16.6. The molecule has 4 N–H and O–H groups in total. The molecule has 0 saturated carbocycles. The van der Waals surface area contributed by atoms with E-state index in [1.54, 1.807) is 0 Å². The van der Waals surface area contributed by atoms with Gasteiger partial charge in [0.15, 0.2) is 0 Å². The molecule has 0 aliphatic carbocycles. The minimum absolute atomic E-state index is 0.0886. The molecule has 0 aliphatic rings. The highest BCUT2D eigenvalue weighted by atomic mass is 32.2. The summed E-state index contributed by atoms with van der Waals surface area (Å²) in [6, 6.07) is 30.6. The van der Waals surface area contributed by atoms with Gasteiger partial charge in [0.2, 0.25) is 10.0 Å². The van der Waals surface area contributed by atoms with Gasteiger partial charge < -0.3 is 21.1 Å². The number of anilines is 1. The number of hydrogen-bond acceptors (Lipinski definition) is 6. The van der Waals surface area contributed by atoms with Crippen LogP contribution in [0.3, 0.4) is 0 Å². The van der Waals surface area contributed by atoms with Gasteiger partial charge in [0.05, 0.1) is 30.1 Å². The number of aliphatic hydroxyl groups excluding tert-OH is 1. The van der Waals surface area contributed by atoms with Crippen molar-refractivity contribution in [2.24, 2.45) is 5.92 Å². The molecule has 0 spiro atoms. The Labute approximate surface area is 290 Å². The molecular formula is C39H48N4O5S. The number of nitrogens with zero attached hydrogens (tertiary/aromatic N) is 1. The summed E-state index contributed by atoms with van der Waals surface area (Å²) in [4.78, 5) is 27.3. The molecule has 4 rings (SSSR count). The highest BCUT2D eigenvalue weighted by molar-refractivity contribution is 7.92. The molecular weight excluding hydrogens is 637 g/mol. The summed E-state index contributed by atoms with van der Waals surface area (Å²) in [7, 11) is -2.34. The number of hydrogen-bond donors (Lipinski definition) is 4. The average molecular weight is 685 g/mol. The van der Waals surface area contributed by atoms with E-state index in [-0.39, 0.29) is 29.4 Å². The molecule has 0 aromatic heterocycles. The minimum Gasteiger partial charge on any atom is -0.390 e. The van der Waals surface area contributed by atoms with Crippen LogP contribution in [0.1, 0.15) is 69.8 Å². The van der Waals surface area contributed by atoms with Crippen LogP contribution in [0.2, 0.25) is 0 Å². The molecule has 2 amide bonds. The van der Waals surface area contributed by atoms with Crippen molar-refractivity contribution in [3.63, 3.8) is 0 Å². The smallest absolute Gasteiger partial charge is 0.251 e. The summed E-state index contributed by atoms with van der Waals surface area (Å²) in [5.41, 5.74) is 4.56. The first kappa shape index (κ1) is 37.3. The highest BCUT2D eigenvalue weighted by Crippen LogP contribution is 2.22. The van der Waals surface area contributed by atoms with Crippen molar-refractivity contribution in [2.75, 3.05) is 24.2 Å². The Hall–Kier alpha value is -4.51. The standard InChI is InChI=1S/C39H48N4O5S/c1-27(2)19-30-15-12-16-31(20-30)25-40-26-37(44)36(21-29-13-8-6-9-14-29)42-39(46)34-22-33(23-35(24-34)43(4)49(5,47)48)38(45)41-28(3)32-17-10-7-11-18-32/h6-18,20,22-24,27-28,36-37,40,44H,19,21,25-26H2,1-5H3,(H,41,45)(H,42,46). The second-order valence-electron chi connectivity index (χ2n) is 13.0. The highest BCUT2D eigenvalue weighted by Gasteiger charge is 2.25. The Morgan fingerprint density at radius 3 is 1.92 bits per heavy atom. The van der Waals surface area contributed by atoms with Gasteiger partial charge in [0.1, 0.15) is 0 Å². The van der Waals surface area contributed by atoms with Gasteiger partial charge in [-0.05, 0) is 66.1 Å². The van der Waals surface area contributed by atoms with Crippen molar-refractivity contribution in [2.45, 2.75) is 58.3 Å². The Bertz CT molecular complexity index is 1800. The minimum atomic E-state index is -3.70. The predicted molar refractivity (Wildman–Crippen MR) is 196 cm³/mol. The van der Waals surface area contributed by atoms with Gasteiger partial charge in [-0.2, -0.15) is 0 Å². The zero-order valence-electron chi connectivity index (χ0n) is 28.9.